The molecule has 0 unspecified atom stereocenters. The third-order valence-electron chi connectivity index (χ3n) is 6.80. The summed E-state index contributed by atoms with van der Waals surface area (Å²) < 4.78 is 43.9. The van der Waals surface area contributed by atoms with Gasteiger partial charge in [0.1, 0.15) is 17.1 Å². The van der Waals surface area contributed by atoms with Gasteiger partial charge in [-0.2, -0.15) is 8.42 Å². The molecule has 5 rings (SSSR count). The van der Waals surface area contributed by atoms with Crippen molar-refractivity contribution in [2.75, 3.05) is 6.54 Å². The van der Waals surface area contributed by atoms with Crippen molar-refractivity contribution >= 4 is 45.0 Å². The fourth-order valence-corrected chi connectivity index (χ4v) is 5.68. The lowest BCUT2D eigenvalue weighted by Crippen LogP contribution is -2.36. The van der Waals surface area contributed by atoms with Gasteiger partial charge in [0.05, 0.1) is 27.3 Å². The summed E-state index contributed by atoms with van der Waals surface area (Å²) in [5, 5.41) is 0. The number of thiophene rings is 1. The normalized spacial score (nSPS) is 12.6. The van der Waals surface area contributed by atoms with Gasteiger partial charge in [0.15, 0.2) is 11.6 Å². The third kappa shape index (κ3) is 9.98. The van der Waals surface area contributed by atoms with Crippen LogP contribution in [-0.2, 0) is 34.1 Å². The Balaban J connectivity index is 0.00000148. The molecule has 9 nitrogen and oxygen atoms in total. The van der Waals surface area contributed by atoms with E-state index in [1.54, 1.807) is 35.5 Å². The van der Waals surface area contributed by atoms with Crippen LogP contribution in [0.4, 0.5) is 9.18 Å². The molecule has 0 radical (unpaired) electrons. The molecular weight excluding hydrogens is 618 g/mol. The van der Waals surface area contributed by atoms with Crippen molar-refractivity contribution in [3.05, 3.63) is 71.8 Å². The van der Waals surface area contributed by atoms with Crippen LogP contribution in [0.1, 0.15) is 64.5 Å². The number of hydrogen-bond acceptors (Lipinski definition) is 9. The first-order valence-electron chi connectivity index (χ1n) is 14.7. The molecule has 3 aromatic heterocycles. The maximum Gasteiger partial charge on any atom is 0.410 e. The van der Waals surface area contributed by atoms with E-state index in [1.807, 2.05) is 45.9 Å². The second kappa shape index (κ2) is 15.3. The lowest BCUT2D eigenvalue weighted by molar-refractivity contribution is -0.118. The Morgan fingerprint density at radius 2 is 1.78 bits per heavy atom. The number of carbonyl (C=O) groups excluding carboxylic acids is 2. The summed E-state index contributed by atoms with van der Waals surface area (Å²) in [6, 6.07) is 12.2. The second-order valence-electron chi connectivity index (χ2n) is 11.9. The number of Topliss-reactive ketones (excluding diaryl/α,β-unsaturated/α-hetero) is 1. The van der Waals surface area contributed by atoms with E-state index >= 15 is 0 Å². The molecule has 0 atom stereocenters. The summed E-state index contributed by atoms with van der Waals surface area (Å²) in [6.45, 7) is 8.58. The third-order valence-corrected chi connectivity index (χ3v) is 7.96. The van der Waals surface area contributed by atoms with Crippen LogP contribution in [0, 0.1) is 11.7 Å². The Labute approximate surface area is 269 Å². The number of fused-ring (bicyclic) bond motifs is 1. The van der Waals surface area contributed by atoms with Crippen LogP contribution in [0.25, 0.3) is 20.8 Å². The van der Waals surface area contributed by atoms with E-state index < -0.39 is 23.0 Å². The molecule has 1 aliphatic rings. The zero-order chi connectivity index (χ0) is 32.6. The number of halogens is 1. The van der Waals surface area contributed by atoms with E-state index in [-0.39, 0.29) is 24.0 Å². The molecule has 238 valence electrons. The van der Waals surface area contributed by atoms with E-state index in [0.717, 1.165) is 45.6 Å². The van der Waals surface area contributed by atoms with Crippen molar-refractivity contribution in [2.24, 2.45) is 5.92 Å². The SMILES string of the molecule is CCCN(Cc1ccc(-c2cc3nccc(Oc4ccc(CC(=O)CC5CC5)cc4F)c3s2)nc1)C(=O)OC(C)(C)C.O=S=O. The van der Waals surface area contributed by atoms with Crippen LogP contribution >= 0.6 is 11.3 Å². The molecule has 0 N–H and O–H groups in total. The van der Waals surface area contributed by atoms with Gasteiger partial charge in [0.25, 0.3) is 0 Å². The molecule has 0 saturated heterocycles. The summed E-state index contributed by atoms with van der Waals surface area (Å²) in [4.78, 5) is 36.5. The van der Waals surface area contributed by atoms with E-state index in [1.165, 1.54) is 17.4 Å². The fourth-order valence-electron chi connectivity index (χ4n) is 4.64. The zero-order valence-corrected chi connectivity index (χ0v) is 27.3. The first-order chi connectivity index (χ1) is 21.5. The molecule has 0 bridgehead atoms. The fraction of sp³-hybridized carbons (Fsp3) is 0.394. The van der Waals surface area contributed by atoms with E-state index in [4.69, 9.17) is 17.9 Å². The highest BCUT2D eigenvalue weighted by atomic mass is 32.1. The molecule has 4 aromatic rings. The predicted molar refractivity (Wildman–Crippen MR) is 171 cm³/mol. The summed E-state index contributed by atoms with van der Waals surface area (Å²) in [5.74, 6) is 0.754. The van der Waals surface area contributed by atoms with Crippen LogP contribution in [-0.4, -0.2) is 47.3 Å². The molecule has 1 amide bonds. The van der Waals surface area contributed by atoms with Gasteiger partial charge in [-0.3, -0.25) is 14.8 Å². The second-order valence-corrected chi connectivity index (χ2v) is 13.1. The maximum absolute atomic E-state index is 14.9. The molecule has 12 heteroatoms. The van der Waals surface area contributed by atoms with Crippen LogP contribution in [0.2, 0.25) is 0 Å². The minimum absolute atomic E-state index is 0.0972. The van der Waals surface area contributed by atoms with Crippen molar-refractivity contribution in [3.8, 4) is 22.1 Å². The Bertz CT molecular complexity index is 1680. The average Bonchev–Trinajstić information content (AvgIpc) is 3.67. The summed E-state index contributed by atoms with van der Waals surface area (Å²) in [5.41, 5.74) is 2.48. The van der Waals surface area contributed by atoms with Gasteiger partial charge in [-0.25, -0.2) is 9.18 Å². The maximum atomic E-state index is 14.9. The number of ketones is 1. The number of benzene rings is 1. The number of carbonyl (C=O) groups is 2. The molecular formula is C33H36FN3O6S2. The molecule has 45 heavy (non-hydrogen) atoms. The molecule has 1 aliphatic carbocycles. The smallest absolute Gasteiger partial charge is 0.410 e. The number of rotatable bonds is 11. The lowest BCUT2D eigenvalue weighted by Gasteiger charge is -2.27. The first kappa shape index (κ1) is 33.9. The van der Waals surface area contributed by atoms with Gasteiger partial charge < -0.3 is 14.4 Å². The highest BCUT2D eigenvalue weighted by molar-refractivity contribution is 7.51. The monoisotopic (exact) mass is 653 g/mol. The minimum atomic E-state index is -0.750. The number of pyridine rings is 2. The number of amides is 1. The zero-order valence-electron chi connectivity index (χ0n) is 25.7. The number of hydrogen-bond donors (Lipinski definition) is 0. The van der Waals surface area contributed by atoms with Crippen molar-refractivity contribution in [1.82, 2.24) is 14.9 Å². The first-order valence-corrected chi connectivity index (χ1v) is 16.2. The van der Waals surface area contributed by atoms with Crippen molar-refractivity contribution in [2.45, 2.75) is 71.9 Å². The number of ether oxygens (including phenoxy) is 2. The van der Waals surface area contributed by atoms with Gasteiger partial charge in [-0.1, -0.05) is 19.1 Å². The van der Waals surface area contributed by atoms with Gasteiger partial charge in [0.2, 0.25) is 0 Å². The van der Waals surface area contributed by atoms with Crippen LogP contribution in [0.5, 0.6) is 11.5 Å². The van der Waals surface area contributed by atoms with Crippen molar-refractivity contribution in [1.29, 1.82) is 0 Å². The summed E-state index contributed by atoms with van der Waals surface area (Å²) >= 11 is 0.713. The van der Waals surface area contributed by atoms with Crippen LogP contribution in [0.15, 0.2) is 54.9 Å². The van der Waals surface area contributed by atoms with E-state index in [9.17, 15) is 14.0 Å². The Morgan fingerprint density at radius 3 is 2.40 bits per heavy atom. The van der Waals surface area contributed by atoms with Gasteiger partial charge >= 0.3 is 17.7 Å². The standard InChI is InChI=1S/C33H36FN3O4S.O2S/c1-5-14-37(32(39)41-33(2,3)4)20-23-8-10-26(36-19-23)30-18-27-31(42-30)29(12-13-35-27)40-28-11-9-22(17-25(28)34)16-24(38)15-21-6-7-21;1-3-2/h8-13,17-19,21H,5-7,14-16,20H2,1-4H3;. The van der Waals surface area contributed by atoms with Crippen molar-refractivity contribution < 1.29 is 31.9 Å². The average molecular weight is 654 g/mol. The number of nitrogens with zero attached hydrogens (tertiary/aromatic N) is 3. The highest BCUT2D eigenvalue weighted by Crippen LogP contribution is 2.39. The number of aromatic nitrogens is 2. The molecule has 0 aliphatic heterocycles. The molecule has 0 spiro atoms. The van der Waals surface area contributed by atoms with Gasteiger partial charge in [-0.15, -0.1) is 11.3 Å². The Kier molecular flexibility index (Phi) is 11.5. The van der Waals surface area contributed by atoms with Gasteiger partial charge in [-0.05, 0) is 81.3 Å². The van der Waals surface area contributed by atoms with Crippen molar-refractivity contribution in [3.63, 3.8) is 0 Å². The predicted octanol–water partition coefficient (Wildman–Crippen LogP) is 7.68. The Hall–Kier alpha value is -4.03. The molecule has 1 fully saturated rings. The quantitative estimate of drug-likeness (QED) is 0.162. The van der Waals surface area contributed by atoms with Crippen LogP contribution in [0.3, 0.4) is 0 Å². The molecule has 3 heterocycles. The molecule has 1 aromatic carbocycles. The largest absolute Gasteiger partial charge is 0.453 e. The van der Waals surface area contributed by atoms with E-state index in [0.29, 0.717) is 36.7 Å². The summed E-state index contributed by atoms with van der Waals surface area (Å²) in [6.07, 6.45) is 6.93. The molecule has 1 saturated carbocycles. The van der Waals surface area contributed by atoms with Gasteiger partial charge in [0, 0.05) is 37.8 Å². The minimum Gasteiger partial charge on any atom is -0.453 e. The topological polar surface area (TPSA) is 116 Å². The Morgan fingerprint density at radius 1 is 1.04 bits per heavy atom. The lowest BCUT2D eigenvalue weighted by atomic mass is 10.0. The summed E-state index contributed by atoms with van der Waals surface area (Å²) in [7, 11) is 0. The van der Waals surface area contributed by atoms with Crippen LogP contribution < -0.4 is 4.74 Å². The highest BCUT2D eigenvalue weighted by Gasteiger charge is 2.25. The van der Waals surface area contributed by atoms with E-state index in [2.05, 4.69) is 9.97 Å².